The van der Waals surface area contributed by atoms with E-state index in [0.717, 1.165) is 22.5 Å². The molecule has 2 atom stereocenters. The second kappa shape index (κ2) is 5.25. The second-order valence-corrected chi connectivity index (χ2v) is 5.79. The van der Waals surface area contributed by atoms with Gasteiger partial charge in [-0.2, -0.15) is 11.3 Å². The number of hydrogen-bond acceptors (Lipinski definition) is 3. The summed E-state index contributed by atoms with van der Waals surface area (Å²) >= 11 is 1.65. The Hall–Kier alpha value is -1.87. The Morgan fingerprint density at radius 1 is 1.15 bits per heavy atom. The summed E-state index contributed by atoms with van der Waals surface area (Å²) in [6, 6.07) is 12.2. The largest absolute Gasteiger partial charge is 0.489 e. The predicted molar refractivity (Wildman–Crippen MR) is 80.7 cm³/mol. The van der Waals surface area contributed by atoms with Gasteiger partial charge in [0.2, 0.25) is 0 Å². The molecule has 20 heavy (non-hydrogen) atoms. The third-order valence-corrected chi connectivity index (χ3v) is 4.41. The maximum Gasteiger partial charge on any atom is 0.159 e. The van der Waals surface area contributed by atoms with Crippen LogP contribution in [0.2, 0.25) is 0 Å². The van der Waals surface area contributed by atoms with Crippen molar-refractivity contribution in [2.45, 2.75) is 25.9 Å². The van der Waals surface area contributed by atoms with Crippen molar-refractivity contribution in [3.63, 3.8) is 0 Å². The van der Waals surface area contributed by atoms with Gasteiger partial charge in [0.05, 0.1) is 5.92 Å². The van der Waals surface area contributed by atoms with Gasteiger partial charge in [0, 0.05) is 5.57 Å². The maximum absolute atomic E-state index is 12.0. The molecule has 0 unspecified atom stereocenters. The number of benzene rings is 1. The molecule has 1 aromatic heterocycles. The second-order valence-electron chi connectivity index (χ2n) is 5.01. The normalized spacial score (nSPS) is 21.9. The van der Waals surface area contributed by atoms with Crippen LogP contribution < -0.4 is 0 Å². The van der Waals surface area contributed by atoms with Crippen molar-refractivity contribution in [2.24, 2.45) is 0 Å². The van der Waals surface area contributed by atoms with E-state index in [4.69, 9.17) is 4.74 Å². The molecule has 0 fully saturated rings. The van der Waals surface area contributed by atoms with Crippen LogP contribution in [0, 0.1) is 0 Å². The van der Waals surface area contributed by atoms with Gasteiger partial charge < -0.3 is 4.74 Å². The summed E-state index contributed by atoms with van der Waals surface area (Å²) in [4.78, 5) is 12.0. The van der Waals surface area contributed by atoms with E-state index in [1.165, 1.54) is 0 Å². The van der Waals surface area contributed by atoms with Gasteiger partial charge in [0.25, 0.3) is 0 Å². The molecule has 3 rings (SSSR count). The first-order valence-electron chi connectivity index (χ1n) is 6.64. The summed E-state index contributed by atoms with van der Waals surface area (Å²) in [5, 5.41) is 4.15. The molecule has 1 aromatic carbocycles. The Morgan fingerprint density at radius 2 is 1.90 bits per heavy atom. The Balaban J connectivity index is 2.07. The molecule has 0 radical (unpaired) electrons. The first kappa shape index (κ1) is 13.1. The van der Waals surface area contributed by atoms with Crippen molar-refractivity contribution in [2.75, 3.05) is 0 Å². The number of hydrogen-bond donors (Lipinski definition) is 0. The molecule has 0 bridgehead atoms. The average molecular weight is 284 g/mol. The minimum Gasteiger partial charge on any atom is -0.489 e. The third-order valence-electron chi connectivity index (χ3n) is 3.71. The fourth-order valence-electron chi connectivity index (χ4n) is 2.86. The number of rotatable bonds is 3. The molecular weight excluding hydrogens is 268 g/mol. The number of allylic oxidation sites excluding steroid dienone is 1. The predicted octanol–water partition coefficient (Wildman–Crippen LogP) is 4.47. The summed E-state index contributed by atoms with van der Waals surface area (Å²) in [7, 11) is 0. The zero-order valence-corrected chi connectivity index (χ0v) is 12.3. The molecule has 2 aromatic rings. The number of carbonyl (C=O) groups is 1. The topological polar surface area (TPSA) is 26.3 Å². The molecule has 0 aliphatic carbocycles. The summed E-state index contributed by atoms with van der Waals surface area (Å²) in [6.07, 6.45) is -0.107. The van der Waals surface area contributed by atoms with E-state index in [2.05, 4.69) is 23.6 Å². The van der Waals surface area contributed by atoms with Crippen LogP contribution >= 0.6 is 11.3 Å². The molecule has 0 saturated carbocycles. The van der Waals surface area contributed by atoms with Crippen molar-refractivity contribution in [1.82, 2.24) is 0 Å². The van der Waals surface area contributed by atoms with E-state index < -0.39 is 0 Å². The molecule has 0 saturated heterocycles. The zero-order valence-electron chi connectivity index (χ0n) is 11.5. The maximum atomic E-state index is 12.0. The molecule has 3 heteroatoms. The Bertz CT molecular complexity index is 641. The summed E-state index contributed by atoms with van der Waals surface area (Å²) in [5.74, 6) is 0.848. The van der Waals surface area contributed by atoms with Crippen LogP contribution in [-0.2, 0) is 9.53 Å². The average Bonchev–Trinajstić information content (AvgIpc) is 3.06. The van der Waals surface area contributed by atoms with Crippen molar-refractivity contribution in [3.05, 3.63) is 69.6 Å². The summed E-state index contributed by atoms with van der Waals surface area (Å²) < 4.78 is 6.02. The number of ether oxygens (including phenoxy) is 1. The van der Waals surface area contributed by atoms with Crippen LogP contribution in [0.25, 0.3) is 0 Å². The standard InChI is InChI=1S/C17H16O2S/c1-11(18)15-12(2)19-17(13-6-4-3-5-7-13)16(15)14-8-9-20-10-14/h3-10,16-17H,1-2H3/t16-,17-/m1/s1. The minimum absolute atomic E-state index is 0.00106. The van der Waals surface area contributed by atoms with Crippen LogP contribution in [-0.4, -0.2) is 5.78 Å². The van der Waals surface area contributed by atoms with E-state index in [1.54, 1.807) is 18.3 Å². The van der Waals surface area contributed by atoms with Gasteiger partial charge in [-0.3, -0.25) is 4.79 Å². The van der Waals surface area contributed by atoms with Gasteiger partial charge in [-0.25, -0.2) is 0 Å². The van der Waals surface area contributed by atoms with E-state index in [1.807, 2.05) is 30.5 Å². The van der Waals surface area contributed by atoms with Gasteiger partial charge in [0.1, 0.15) is 11.9 Å². The lowest BCUT2D eigenvalue weighted by molar-refractivity contribution is -0.113. The highest BCUT2D eigenvalue weighted by atomic mass is 32.1. The van der Waals surface area contributed by atoms with Crippen LogP contribution in [0.3, 0.4) is 0 Å². The molecule has 1 aliphatic heterocycles. The Labute approximate surface area is 122 Å². The Morgan fingerprint density at radius 3 is 2.50 bits per heavy atom. The van der Waals surface area contributed by atoms with Gasteiger partial charge in [-0.1, -0.05) is 30.3 Å². The summed E-state index contributed by atoms with van der Waals surface area (Å²) in [6.45, 7) is 3.51. The van der Waals surface area contributed by atoms with Crippen LogP contribution in [0.4, 0.5) is 0 Å². The van der Waals surface area contributed by atoms with Gasteiger partial charge >= 0.3 is 0 Å². The van der Waals surface area contributed by atoms with Crippen LogP contribution in [0.5, 0.6) is 0 Å². The lowest BCUT2D eigenvalue weighted by Crippen LogP contribution is -2.12. The third kappa shape index (κ3) is 2.18. The van der Waals surface area contributed by atoms with Crippen LogP contribution in [0.15, 0.2) is 58.5 Å². The smallest absolute Gasteiger partial charge is 0.159 e. The number of carbonyl (C=O) groups excluding carboxylic acids is 1. The van der Waals surface area contributed by atoms with E-state index >= 15 is 0 Å². The number of thiophene rings is 1. The monoisotopic (exact) mass is 284 g/mol. The zero-order chi connectivity index (χ0) is 14.1. The van der Waals surface area contributed by atoms with Crippen molar-refractivity contribution >= 4 is 17.1 Å². The Kier molecular flexibility index (Phi) is 3.45. The number of ketones is 1. The van der Waals surface area contributed by atoms with Gasteiger partial charge in [-0.05, 0) is 41.8 Å². The highest BCUT2D eigenvalue weighted by Crippen LogP contribution is 2.48. The molecule has 0 N–H and O–H groups in total. The van der Waals surface area contributed by atoms with Crippen molar-refractivity contribution < 1.29 is 9.53 Å². The lowest BCUT2D eigenvalue weighted by atomic mass is 9.84. The highest BCUT2D eigenvalue weighted by Gasteiger charge is 2.39. The van der Waals surface area contributed by atoms with Crippen molar-refractivity contribution in [3.8, 4) is 0 Å². The molecule has 0 spiro atoms. The minimum atomic E-state index is -0.107. The first-order valence-corrected chi connectivity index (χ1v) is 7.58. The van der Waals surface area contributed by atoms with Gasteiger partial charge in [0.15, 0.2) is 5.78 Å². The first-order chi connectivity index (χ1) is 9.68. The molecule has 102 valence electrons. The lowest BCUT2D eigenvalue weighted by Gasteiger charge is -2.20. The fourth-order valence-corrected chi connectivity index (χ4v) is 3.55. The quantitative estimate of drug-likeness (QED) is 0.831. The van der Waals surface area contributed by atoms with Crippen LogP contribution in [0.1, 0.15) is 37.0 Å². The van der Waals surface area contributed by atoms with E-state index in [9.17, 15) is 4.79 Å². The highest BCUT2D eigenvalue weighted by molar-refractivity contribution is 7.08. The molecule has 2 nitrogen and oxygen atoms in total. The number of Topliss-reactive ketones (excluding diaryl/α,β-unsaturated/α-hetero) is 1. The SMILES string of the molecule is CC(=O)C1=C(C)O[C@H](c2ccccc2)[C@@H]1c1ccsc1. The molecule has 1 aliphatic rings. The van der Waals surface area contributed by atoms with E-state index in [-0.39, 0.29) is 17.8 Å². The van der Waals surface area contributed by atoms with Gasteiger partial charge in [-0.15, -0.1) is 0 Å². The fraction of sp³-hybridized carbons (Fsp3) is 0.235. The molecular formula is C17H16O2S. The van der Waals surface area contributed by atoms with E-state index in [0.29, 0.717) is 0 Å². The summed E-state index contributed by atoms with van der Waals surface area (Å²) in [5.41, 5.74) is 3.07. The molecule has 2 heterocycles. The van der Waals surface area contributed by atoms with Crippen molar-refractivity contribution in [1.29, 1.82) is 0 Å². The molecule has 0 amide bonds.